The number of amides is 1. The van der Waals surface area contributed by atoms with Gasteiger partial charge in [-0.2, -0.15) is 8.78 Å². The van der Waals surface area contributed by atoms with Crippen molar-refractivity contribution in [3.8, 4) is 5.75 Å². The molecule has 0 aliphatic carbocycles. The fraction of sp³-hybridized carbons (Fsp3) is 0.182. The van der Waals surface area contributed by atoms with E-state index in [0.29, 0.717) is 0 Å². The number of aromatic nitrogens is 1. The number of nitrogens with one attached hydrogen (secondary N) is 2. The molecule has 0 spiro atoms. The molecule has 0 radical (unpaired) electrons. The number of carbonyl (C=O) groups is 1. The van der Waals surface area contributed by atoms with E-state index in [2.05, 4.69) is 19.8 Å². The van der Waals surface area contributed by atoms with Crippen molar-refractivity contribution >= 4 is 72.4 Å². The van der Waals surface area contributed by atoms with E-state index in [1.54, 1.807) is 0 Å². The highest BCUT2D eigenvalue weighted by Gasteiger charge is 2.23. The van der Waals surface area contributed by atoms with E-state index in [1.807, 2.05) is 13.8 Å². The Kier molecular flexibility index (Phi) is 8.04. The summed E-state index contributed by atoms with van der Waals surface area (Å²) in [6.07, 6.45) is 3.55. The molecule has 0 aliphatic rings. The molecule has 2 aromatic heterocycles. The van der Waals surface area contributed by atoms with Crippen LogP contribution in [-0.2, 0) is 10.0 Å². The van der Waals surface area contributed by atoms with Crippen LogP contribution in [0.4, 0.5) is 20.2 Å². The molecule has 0 saturated heterocycles. The Hall–Kier alpha value is -3.15. The highest BCUT2D eigenvalue weighted by atomic mass is 35.5. The van der Waals surface area contributed by atoms with E-state index in [4.69, 9.17) is 27.6 Å². The minimum Gasteiger partial charge on any atom is -0.452 e. The maximum atomic E-state index is 13.1. The number of furan rings is 1. The number of halogens is 4. The Labute approximate surface area is 209 Å². The van der Waals surface area contributed by atoms with Crippen molar-refractivity contribution in [2.75, 3.05) is 16.3 Å². The summed E-state index contributed by atoms with van der Waals surface area (Å²) >= 11 is 12.1. The van der Waals surface area contributed by atoms with Gasteiger partial charge in [-0.3, -0.25) is 14.5 Å². The van der Waals surface area contributed by atoms with Gasteiger partial charge in [-0.05, 0) is 30.3 Å². The Morgan fingerprint density at radius 3 is 2.37 bits per heavy atom. The lowest BCUT2D eigenvalue weighted by Gasteiger charge is -2.11. The van der Waals surface area contributed by atoms with Gasteiger partial charge in [0.15, 0.2) is 11.3 Å². The Bertz CT molecular complexity index is 1490. The van der Waals surface area contributed by atoms with Crippen LogP contribution >= 0.6 is 23.2 Å². The highest BCUT2D eigenvalue weighted by molar-refractivity contribution is 7.92. The standard InChI is InChI=1S/C20H13Cl2F2N3O5S.C2H6/c1-33(29,30)27-9-2-4-14-11(6-9)16-10(3-5-15(18(16)31-14)32-20(23)24)19(28)26-17-12(21)7-25-8-13(17)22;1-2/h2-8,20,27H,1H3,(H,25,26,28);1-2H3. The third kappa shape index (κ3) is 5.92. The van der Waals surface area contributed by atoms with Crippen LogP contribution in [0.2, 0.25) is 10.0 Å². The average molecular weight is 546 g/mol. The maximum absolute atomic E-state index is 13.1. The first-order valence-corrected chi connectivity index (χ1v) is 12.7. The van der Waals surface area contributed by atoms with Crippen molar-refractivity contribution in [1.82, 2.24) is 4.98 Å². The summed E-state index contributed by atoms with van der Waals surface area (Å²) in [6, 6.07) is 6.71. The molecule has 2 heterocycles. The normalized spacial score (nSPS) is 11.3. The van der Waals surface area contributed by atoms with Gasteiger partial charge in [0.25, 0.3) is 5.91 Å². The quantitative estimate of drug-likeness (QED) is 0.284. The van der Waals surface area contributed by atoms with Gasteiger partial charge in [0.2, 0.25) is 10.0 Å². The Morgan fingerprint density at radius 1 is 1.11 bits per heavy atom. The minimum absolute atomic E-state index is 0.0193. The summed E-state index contributed by atoms with van der Waals surface area (Å²) in [6.45, 7) is 0.859. The number of anilines is 2. The van der Waals surface area contributed by atoms with Crippen molar-refractivity contribution < 1.29 is 31.1 Å². The molecular weight excluding hydrogens is 527 g/mol. The molecule has 0 fully saturated rings. The number of rotatable bonds is 6. The molecule has 4 rings (SSSR count). The molecule has 8 nitrogen and oxygen atoms in total. The second-order valence-electron chi connectivity index (χ2n) is 6.81. The van der Waals surface area contributed by atoms with Gasteiger partial charge < -0.3 is 14.5 Å². The van der Waals surface area contributed by atoms with Crippen LogP contribution < -0.4 is 14.8 Å². The summed E-state index contributed by atoms with van der Waals surface area (Å²) in [5.41, 5.74) is 0.390. The van der Waals surface area contributed by atoms with Gasteiger partial charge >= 0.3 is 6.61 Å². The van der Waals surface area contributed by atoms with Gasteiger partial charge in [0.05, 0.1) is 27.6 Å². The van der Waals surface area contributed by atoms with E-state index in [9.17, 15) is 22.0 Å². The van der Waals surface area contributed by atoms with Crippen molar-refractivity contribution in [2.45, 2.75) is 20.5 Å². The van der Waals surface area contributed by atoms with Gasteiger partial charge in [-0.15, -0.1) is 0 Å². The highest BCUT2D eigenvalue weighted by Crippen LogP contribution is 2.39. The molecule has 1 amide bonds. The third-order valence-electron chi connectivity index (χ3n) is 4.44. The summed E-state index contributed by atoms with van der Waals surface area (Å²) in [7, 11) is -3.60. The zero-order valence-corrected chi connectivity index (χ0v) is 20.9. The third-order valence-corrected chi connectivity index (χ3v) is 5.62. The number of hydrogen-bond donors (Lipinski definition) is 2. The lowest BCUT2D eigenvalue weighted by Crippen LogP contribution is -2.13. The molecule has 0 atom stereocenters. The number of ether oxygens (including phenoxy) is 1. The molecule has 13 heteroatoms. The van der Waals surface area contributed by atoms with Crippen LogP contribution in [0.25, 0.3) is 21.9 Å². The van der Waals surface area contributed by atoms with Crippen molar-refractivity contribution in [3.63, 3.8) is 0 Å². The molecule has 4 aromatic rings. The van der Waals surface area contributed by atoms with E-state index in [0.717, 1.165) is 12.3 Å². The number of nitrogens with zero attached hydrogens (tertiary/aromatic N) is 1. The fourth-order valence-electron chi connectivity index (χ4n) is 3.22. The molecule has 0 aliphatic heterocycles. The summed E-state index contributed by atoms with van der Waals surface area (Å²) in [5.74, 6) is -0.979. The smallest absolute Gasteiger partial charge is 0.387 e. The van der Waals surface area contributed by atoms with Gasteiger partial charge in [-0.1, -0.05) is 37.0 Å². The number of sulfonamides is 1. The SMILES string of the molecule is CC.CS(=O)(=O)Nc1ccc2oc3c(OC(F)F)ccc(C(=O)Nc4c(Cl)cncc4Cl)c3c2c1. The molecule has 2 N–H and O–H groups in total. The summed E-state index contributed by atoms with van der Waals surface area (Å²) in [5, 5.41) is 3.15. The molecule has 0 saturated carbocycles. The van der Waals surface area contributed by atoms with Gasteiger partial charge in [0.1, 0.15) is 5.58 Å². The molecular formula is C22H19Cl2F2N3O5S. The number of fused-ring (bicyclic) bond motifs is 3. The second-order valence-corrected chi connectivity index (χ2v) is 9.38. The predicted molar refractivity (Wildman–Crippen MR) is 132 cm³/mol. The number of pyridine rings is 1. The van der Waals surface area contributed by atoms with Crippen molar-refractivity contribution in [1.29, 1.82) is 0 Å². The van der Waals surface area contributed by atoms with E-state index >= 15 is 0 Å². The monoisotopic (exact) mass is 545 g/mol. The van der Waals surface area contributed by atoms with Crippen LogP contribution in [-0.4, -0.2) is 32.2 Å². The average Bonchev–Trinajstić information content (AvgIpc) is 3.16. The zero-order valence-electron chi connectivity index (χ0n) is 18.5. The molecule has 35 heavy (non-hydrogen) atoms. The van der Waals surface area contributed by atoms with Crippen LogP contribution in [0.1, 0.15) is 24.2 Å². The van der Waals surface area contributed by atoms with Crippen LogP contribution in [0, 0.1) is 0 Å². The van der Waals surface area contributed by atoms with E-state index < -0.39 is 22.5 Å². The first-order valence-electron chi connectivity index (χ1n) is 10.1. The largest absolute Gasteiger partial charge is 0.452 e. The minimum atomic E-state index is -3.60. The molecule has 186 valence electrons. The van der Waals surface area contributed by atoms with E-state index in [-0.39, 0.29) is 54.7 Å². The molecule has 2 aromatic carbocycles. The summed E-state index contributed by atoms with van der Waals surface area (Å²) in [4.78, 5) is 16.9. The number of benzene rings is 2. The second kappa shape index (κ2) is 10.6. The Morgan fingerprint density at radius 2 is 1.77 bits per heavy atom. The fourth-order valence-corrected chi connectivity index (χ4v) is 4.24. The van der Waals surface area contributed by atoms with Crippen LogP contribution in [0.5, 0.6) is 5.75 Å². The van der Waals surface area contributed by atoms with Crippen LogP contribution in [0.15, 0.2) is 47.1 Å². The summed E-state index contributed by atoms with van der Waals surface area (Å²) < 4.78 is 61.7. The van der Waals surface area contributed by atoms with Gasteiger partial charge in [-0.25, -0.2) is 8.42 Å². The topological polar surface area (TPSA) is 111 Å². The van der Waals surface area contributed by atoms with Gasteiger partial charge in [0, 0.05) is 28.9 Å². The van der Waals surface area contributed by atoms with Crippen LogP contribution in [0.3, 0.4) is 0 Å². The molecule has 0 unspecified atom stereocenters. The van der Waals surface area contributed by atoms with E-state index in [1.165, 1.54) is 36.7 Å². The zero-order chi connectivity index (χ0) is 25.9. The maximum Gasteiger partial charge on any atom is 0.387 e. The number of carbonyl (C=O) groups excluding carboxylic acids is 1. The lowest BCUT2D eigenvalue weighted by molar-refractivity contribution is -0.0493. The number of alkyl halides is 2. The first-order chi connectivity index (χ1) is 16.5. The molecule has 0 bridgehead atoms. The first kappa shape index (κ1) is 26.5. The lowest BCUT2D eigenvalue weighted by atomic mass is 10.0. The van der Waals surface area contributed by atoms with Crippen molar-refractivity contribution in [3.05, 3.63) is 58.3 Å². The predicted octanol–water partition coefficient (Wildman–Crippen LogP) is 6.54. The number of hydrogen-bond acceptors (Lipinski definition) is 6. The Balaban J connectivity index is 0.00000167. The van der Waals surface area contributed by atoms with Crippen molar-refractivity contribution in [2.24, 2.45) is 0 Å².